The summed E-state index contributed by atoms with van der Waals surface area (Å²) in [5.41, 5.74) is 3.19. The highest BCUT2D eigenvalue weighted by Crippen LogP contribution is 2.40. The lowest BCUT2D eigenvalue weighted by molar-refractivity contribution is 0.220. The minimum Gasteiger partial charge on any atom is -0.384 e. The van der Waals surface area contributed by atoms with Gasteiger partial charge in [0.05, 0.1) is 0 Å². The first kappa shape index (κ1) is 11.8. The van der Waals surface area contributed by atoms with Gasteiger partial charge in [-0.15, -0.1) is 0 Å². The van der Waals surface area contributed by atoms with Crippen molar-refractivity contribution < 1.29 is 5.11 Å². The summed E-state index contributed by atoms with van der Waals surface area (Å²) >= 11 is 5.86. The minimum atomic E-state index is -0.569. The van der Waals surface area contributed by atoms with Crippen LogP contribution in [0.1, 0.15) is 41.6 Å². The molecule has 0 aliphatic heterocycles. The van der Waals surface area contributed by atoms with Crippen molar-refractivity contribution in [2.45, 2.75) is 24.9 Å². The van der Waals surface area contributed by atoms with Crippen LogP contribution in [0.15, 0.2) is 48.5 Å². The molecule has 0 aromatic heterocycles. The van der Waals surface area contributed by atoms with Gasteiger partial charge in [0.25, 0.3) is 0 Å². The molecule has 0 saturated heterocycles. The zero-order valence-electron chi connectivity index (χ0n) is 10.0. The summed E-state index contributed by atoms with van der Waals surface area (Å²) in [7, 11) is 0. The molecular formula is C16H15ClO. The average molecular weight is 259 g/mol. The molecule has 0 radical (unpaired) electrons. The second-order valence-corrected chi connectivity index (χ2v) is 5.33. The maximum Gasteiger partial charge on any atom is 0.104 e. The predicted molar refractivity (Wildman–Crippen MR) is 73.9 cm³/mol. The van der Waals surface area contributed by atoms with Crippen LogP contribution in [0.25, 0.3) is 0 Å². The fourth-order valence-corrected chi connectivity index (χ4v) is 2.36. The molecule has 0 spiro atoms. The molecule has 1 unspecified atom stereocenters. The van der Waals surface area contributed by atoms with Crippen LogP contribution in [0, 0.1) is 0 Å². The van der Waals surface area contributed by atoms with Crippen molar-refractivity contribution in [3.05, 3.63) is 70.2 Å². The first-order valence-corrected chi connectivity index (χ1v) is 6.65. The molecule has 2 aromatic rings. The monoisotopic (exact) mass is 258 g/mol. The highest BCUT2D eigenvalue weighted by molar-refractivity contribution is 6.30. The standard InChI is InChI=1S/C16H15ClO/c17-15-8-6-12(7-9-15)16(18)14-3-1-2-13(10-14)11-4-5-11/h1-3,6-11,16,18H,4-5H2. The van der Waals surface area contributed by atoms with Crippen LogP contribution in [-0.4, -0.2) is 5.11 Å². The molecule has 1 nitrogen and oxygen atoms in total. The van der Waals surface area contributed by atoms with Crippen LogP contribution in [0.2, 0.25) is 5.02 Å². The Morgan fingerprint density at radius 2 is 1.72 bits per heavy atom. The molecule has 0 bridgehead atoms. The van der Waals surface area contributed by atoms with Gasteiger partial charge in [0.2, 0.25) is 0 Å². The van der Waals surface area contributed by atoms with Crippen LogP contribution in [-0.2, 0) is 0 Å². The Labute approximate surface area is 112 Å². The predicted octanol–water partition coefficient (Wildman–Crippen LogP) is 4.30. The number of aliphatic hydroxyl groups excluding tert-OH is 1. The molecule has 2 heteroatoms. The summed E-state index contributed by atoms with van der Waals surface area (Å²) < 4.78 is 0. The van der Waals surface area contributed by atoms with Crippen molar-refractivity contribution in [3.8, 4) is 0 Å². The van der Waals surface area contributed by atoms with Gasteiger partial charge in [-0.1, -0.05) is 48.0 Å². The number of aliphatic hydroxyl groups is 1. The van der Waals surface area contributed by atoms with E-state index in [-0.39, 0.29) is 0 Å². The van der Waals surface area contributed by atoms with Crippen LogP contribution in [0.4, 0.5) is 0 Å². The van der Waals surface area contributed by atoms with Crippen molar-refractivity contribution in [1.29, 1.82) is 0 Å². The number of rotatable bonds is 3. The van der Waals surface area contributed by atoms with Gasteiger partial charge in [0.1, 0.15) is 6.10 Å². The number of halogens is 1. The Bertz CT molecular complexity index is 543. The Morgan fingerprint density at radius 3 is 2.39 bits per heavy atom. The molecule has 3 rings (SSSR count). The summed E-state index contributed by atoms with van der Waals surface area (Å²) in [4.78, 5) is 0. The van der Waals surface area contributed by atoms with Crippen molar-refractivity contribution >= 4 is 11.6 Å². The SMILES string of the molecule is OC(c1ccc(Cl)cc1)c1cccc(C2CC2)c1. The minimum absolute atomic E-state index is 0.569. The summed E-state index contributed by atoms with van der Waals surface area (Å²) in [5, 5.41) is 11.1. The molecule has 0 amide bonds. The van der Waals surface area contributed by atoms with Gasteiger partial charge >= 0.3 is 0 Å². The highest BCUT2D eigenvalue weighted by Gasteiger charge is 2.24. The molecule has 1 saturated carbocycles. The molecule has 1 fully saturated rings. The summed E-state index contributed by atoms with van der Waals surface area (Å²) in [5.74, 6) is 0.711. The molecule has 1 aliphatic carbocycles. The van der Waals surface area contributed by atoms with Crippen molar-refractivity contribution in [2.75, 3.05) is 0 Å². The van der Waals surface area contributed by atoms with Gasteiger partial charge in [-0.25, -0.2) is 0 Å². The topological polar surface area (TPSA) is 20.2 Å². The second-order valence-electron chi connectivity index (χ2n) is 4.90. The molecule has 0 heterocycles. The zero-order valence-corrected chi connectivity index (χ0v) is 10.8. The zero-order chi connectivity index (χ0) is 12.5. The Kier molecular flexibility index (Phi) is 3.11. The van der Waals surface area contributed by atoms with E-state index in [0.717, 1.165) is 11.1 Å². The third kappa shape index (κ3) is 2.43. The summed E-state index contributed by atoms with van der Waals surface area (Å²) in [6.07, 6.45) is 1.99. The molecule has 1 atom stereocenters. The van der Waals surface area contributed by atoms with E-state index in [4.69, 9.17) is 11.6 Å². The molecule has 2 aromatic carbocycles. The quantitative estimate of drug-likeness (QED) is 0.870. The van der Waals surface area contributed by atoms with Gasteiger partial charge in [0.15, 0.2) is 0 Å². The van der Waals surface area contributed by atoms with E-state index in [1.807, 2.05) is 36.4 Å². The largest absolute Gasteiger partial charge is 0.384 e. The molecule has 92 valence electrons. The Balaban J connectivity index is 1.88. The van der Waals surface area contributed by atoms with Gasteiger partial charge < -0.3 is 5.11 Å². The van der Waals surface area contributed by atoms with Gasteiger partial charge in [-0.3, -0.25) is 0 Å². The second kappa shape index (κ2) is 4.75. The smallest absolute Gasteiger partial charge is 0.104 e. The first-order valence-electron chi connectivity index (χ1n) is 6.27. The van der Waals surface area contributed by atoms with E-state index < -0.39 is 6.10 Å². The van der Waals surface area contributed by atoms with E-state index in [2.05, 4.69) is 12.1 Å². The number of hydrogen-bond acceptors (Lipinski definition) is 1. The Morgan fingerprint density at radius 1 is 1.00 bits per heavy atom. The summed E-state index contributed by atoms with van der Waals surface area (Å²) in [6, 6.07) is 15.6. The van der Waals surface area contributed by atoms with Crippen molar-refractivity contribution in [1.82, 2.24) is 0 Å². The highest BCUT2D eigenvalue weighted by atomic mass is 35.5. The van der Waals surface area contributed by atoms with Crippen LogP contribution < -0.4 is 0 Å². The van der Waals surface area contributed by atoms with E-state index in [0.29, 0.717) is 10.9 Å². The molecule has 1 aliphatic rings. The fraction of sp³-hybridized carbons (Fsp3) is 0.250. The van der Waals surface area contributed by atoms with E-state index >= 15 is 0 Å². The lowest BCUT2D eigenvalue weighted by atomic mass is 9.98. The maximum absolute atomic E-state index is 10.4. The van der Waals surface area contributed by atoms with Gasteiger partial charge in [-0.05, 0) is 47.6 Å². The van der Waals surface area contributed by atoms with Gasteiger partial charge in [-0.2, -0.15) is 0 Å². The van der Waals surface area contributed by atoms with Gasteiger partial charge in [0, 0.05) is 5.02 Å². The lowest BCUT2D eigenvalue weighted by Gasteiger charge is -2.12. The third-order valence-corrected chi connectivity index (χ3v) is 3.71. The number of benzene rings is 2. The molecule has 18 heavy (non-hydrogen) atoms. The Hall–Kier alpha value is -1.31. The maximum atomic E-state index is 10.4. The molecular weight excluding hydrogens is 244 g/mol. The van der Waals surface area contributed by atoms with Crippen LogP contribution in [0.3, 0.4) is 0 Å². The van der Waals surface area contributed by atoms with E-state index in [1.54, 1.807) is 0 Å². The summed E-state index contributed by atoms with van der Waals surface area (Å²) in [6.45, 7) is 0. The first-order chi connectivity index (χ1) is 8.74. The molecule has 1 N–H and O–H groups in total. The van der Waals surface area contributed by atoms with Crippen LogP contribution in [0.5, 0.6) is 0 Å². The average Bonchev–Trinajstić information content (AvgIpc) is 3.23. The normalized spacial score (nSPS) is 16.6. The van der Waals surface area contributed by atoms with Crippen molar-refractivity contribution in [2.24, 2.45) is 0 Å². The van der Waals surface area contributed by atoms with E-state index in [1.165, 1.54) is 18.4 Å². The fourth-order valence-electron chi connectivity index (χ4n) is 2.24. The van der Waals surface area contributed by atoms with Crippen LogP contribution >= 0.6 is 11.6 Å². The van der Waals surface area contributed by atoms with Crippen molar-refractivity contribution in [3.63, 3.8) is 0 Å². The van der Waals surface area contributed by atoms with E-state index in [9.17, 15) is 5.11 Å². The third-order valence-electron chi connectivity index (χ3n) is 3.46. The number of hydrogen-bond donors (Lipinski definition) is 1. The lowest BCUT2D eigenvalue weighted by Crippen LogP contribution is -2.00.